The van der Waals surface area contributed by atoms with E-state index in [4.69, 9.17) is 25.8 Å². The molecule has 172 valence electrons. The molecule has 0 bridgehead atoms. The van der Waals surface area contributed by atoms with Crippen LogP contribution in [0.5, 0.6) is 5.75 Å². The number of thiophene rings is 1. The molecule has 0 spiro atoms. The zero-order valence-electron chi connectivity index (χ0n) is 18.6. The van der Waals surface area contributed by atoms with Crippen LogP contribution in [0.25, 0.3) is 0 Å². The molecule has 2 heterocycles. The first kappa shape index (κ1) is 23.5. The second-order valence-electron chi connectivity index (χ2n) is 8.64. The highest BCUT2D eigenvalue weighted by Gasteiger charge is 2.33. The number of ether oxygens (including phenoxy) is 3. The van der Waals surface area contributed by atoms with Gasteiger partial charge in [0.15, 0.2) is 12.6 Å². The van der Waals surface area contributed by atoms with Crippen molar-refractivity contribution in [3.8, 4) is 5.75 Å². The van der Waals surface area contributed by atoms with Crippen molar-refractivity contribution in [2.24, 2.45) is 5.92 Å². The minimum atomic E-state index is -0.106. The Hall–Kier alpha value is -1.66. The lowest BCUT2D eigenvalue weighted by atomic mass is 9.95. The van der Waals surface area contributed by atoms with Gasteiger partial charge in [0.25, 0.3) is 0 Å². The molecule has 1 saturated heterocycles. The molecule has 3 atom stereocenters. The van der Waals surface area contributed by atoms with Crippen molar-refractivity contribution in [2.75, 3.05) is 13.2 Å². The first-order valence-corrected chi connectivity index (χ1v) is 12.7. The molecule has 1 aliphatic heterocycles. The van der Waals surface area contributed by atoms with Crippen molar-refractivity contribution in [2.45, 2.75) is 64.3 Å². The van der Waals surface area contributed by atoms with E-state index in [0.29, 0.717) is 11.6 Å². The maximum absolute atomic E-state index is 10.9. The smallest absolute Gasteiger partial charge is 0.160 e. The molecule has 1 aromatic carbocycles. The minimum Gasteiger partial charge on any atom is -0.493 e. The van der Waals surface area contributed by atoms with Crippen LogP contribution in [0.4, 0.5) is 0 Å². The molecule has 0 radical (unpaired) electrons. The number of carbonyl (C=O) groups is 1. The van der Waals surface area contributed by atoms with E-state index in [9.17, 15) is 4.79 Å². The van der Waals surface area contributed by atoms with E-state index in [1.807, 2.05) is 31.2 Å². The average molecular weight is 475 g/mol. The number of benzene rings is 1. The molecular formula is C26H31ClO4S. The van der Waals surface area contributed by atoms with Gasteiger partial charge >= 0.3 is 0 Å². The molecule has 1 aromatic heterocycles. The molecule has 1 unspecified atom stereocenters. The summed E-state index contributed by atoms with van der Waals surface area (Å²) in [6.45, 7) is 3.37. The first-order valence-electron chi connectivity index (χ1n) is 11.5. The van der Waals surface area contributed by atoms with E-state index < -0.39 is 0 Å². The summed E-state index contributed by atoms with van der Waals surface area (Å²) >= 11 is 7.80. The van der Waals surface area contributed by atoms with Gasteiger partial charge in [0.2, 0.25) is 0 Å². The molecule has 2 aromatic rings. The summed E-state index contributed by atoms with van der Waals surface area (Å²) in [5.41, 5.74) is 2.49. The summed E-state index contributed by atoms with van der Waals surface area (Å²) < 4.78 is 18.4. The van der Waals surface area contributed by atoms with E-state index in [1.54, 1.807) is 11.3 Å². The van der Waals surface area contributed by atoms with Crippen LogP contribution in [0.1, 0.15) is 58.6 Å². The molecule has 6 heteroatoms. The number of rotatable bonds is 10. The number of hydrogen-bond acceptors (Lipinski definition) is 5. The monoisotopic (exact) mass is 474 g/mol. The number of aryl methyl sites for hydroxylation is 2. The third-order valence-electron chi connectivity index (χ3n) is 6.13. The molecule has 0 amide bonds. The van der Waals surface area contributed by atoms with Crippen LogP contribution in [0.2, 0.25) is 5.02 Å². The minimum absolute atomic E-state index is 0.0804. The quantitative estimate of drug-likeness (QED) is 0.281. The third kappa shape index (κ3) is 6.44. The predicted octanol–water partition coefficient (Wildman–Crippen LogP) is 6.78. The van der Waals surface area contributed by atoms with Crippen LogP contribution in [0.15, 0.2) is 42.0 Å². The third-order valence-corrected chi connectivity index (χ3v) is 7.42. The zero-order valence-corrected chi connectivity index (χ0v) is 20.1. The lowest BCUT2D eigenvalue weighted by molar-refractivity contribution is -0.194. The van der Waals surface area contributed by atoms with Crippen molar-refractivity contribution in [1.82, 2.24) is 0 Å². The Morgan fingerprint density at radius 1 is 1.22 bits per heavy atom. The summed E-state index contributed by atoms with van der Waals surface area (Å²) in [6, 6.07) is 9.79. The normalized spacial score (nSPS) is 23.2. The van der Waals surface area contributed by atoms with Gasteiger partial charge in [-0.2, -0.15) is 0 Å². The van der Waals surface area contributed by atoms with Crippen molar-refractivity contribution >= 4 is 29.2 Å². The molecule has 4 nitrogen and oxygen atoms in total. The summed E-state index contributed by atoms with van der Waals surface area (Å²) in [5, 5.41) is 0.691. The van der Waals surface area contributed by atoms with E-state index in [2.05, 4.69) is 12.1 Å². The van der Waals surface area contributed by atoms with Crippen LogP contribution in [0.3, 0.4) is 0 Å². The number of aldehydes is 1. The van der Waals surface area contributed by atoms with Gasteiger partial charge in [0.1, 0.15) is 5.75 Å². The maximum Gasteiger partial charge on any atom is 0.160 e. The van der Waals surface area contributed by atoms with Gasteiger partial charge in [-0.1, -0.05) is 23.3 Å². The lowest BCUT2D eigenvalue weighted by Crippen LogP contribution is -2.33. The fraction of sp³-hybridized carbons (Fsp3) is 0.500. The van der Waals surface area contributed by atoms with Crippen molar-refractivity contribution in [1.29, 1.82) is 0 Å². The number of carbonyl (C=O) groups excluding carboxylic acids is 1. The van der Waals surface area contributed by atoms with Gasteiger partial charge in [-0.25, -0.2) is 0 Å². The highest BCUT2D eigenvalue weighted by Crippen LogP contribution is 2.35. The molecule has 2 aliphatic rings. The Kier molecular flexibility index (Phi) is 8.42. The van der Waals surface area contributed by atoms with Crippen LogP contribution in [0, 0.1) is 12.8 Å². The zero-order chi connectivity index (χ0) is 22.3. The second-order valence-corrected chi connectivity index (χ2v) is 10.3. The molecule has 0 N–H and O–H groups in total. The van der Waals surface area contributed by atoms with Gasteiger partial charge in [-0.05, 0) is 87.8 Å². The van der Waals surface area contributed by atoms with Crippen LogP contribution in [-0.2, 0) is 15.9 Å². The van der Waals surface area contributed by atoms with E-state index in [0.717, 1.165) is 74.0 Å². The molecule has 1 aliphatic carbocycles. The Balaban J connectivity index is 1.38. The summed E-state index contributed by atoms with van der Waals surface area (Å²) in [4.78, 5) is 13.0. The molecule has 1 fully saturated rings. The summed E-state index contributed by atoms with van der Waals surface area (Å²) in [6.07, 6.45) is 10.4. The summed E-state index contributed by atoms with van der Waals surface area (Å²) in [7, 11) is 0. The van der Waals surface area contributed by atoms with Crippen LogP contribution in [-0.4, -0.2) is 31.9 Å². The van der Waals surface area contributed by atoms with E-state index >= 15 is 0 Å². The van der Waals surface area contributed by atoms with Crippen molar-refractivity contribution < 1.29 is 19.0 Å². The highest BCUT2D eigenvalue weighted by atomic mass is 35.5. The van der Waals surface area contributed by atoms with E-state index in [-0.39, 0.29) is 18.3 Å². The standard InChI is InChI=1S/C26H31ClO4S/c1-18-13-20(27)15-21(14-18)30-17-24-19(5-4-6-22-9-10-23(16-28)32-22)8-11-25(24)31-26-7-2-3-12-29-26/h8-10,13-16,24-26H,2-7,11-12,17H2,1H3/t24-,25-,26?/m1/s1. The highest BCUT2D eigenvalue weighted by molar-refractivity contribution is 7.13. The van der Waals surface area contributed by atoms with Crippen LogP contribution < -0.4 is 4.74 Å². The lowest BCUT2D eigenvalue weighted by Gasteiger charge is -2.30. The molecule has 32 heavy (non-hydrogen) atoms. The Bertz CT molecular complexity index is 911. The fourth-order valence-corrected chi connectivity index (χ4v) is 5.67. The second kappa shape index (κ2) is 11.5. The molecular weight excluding hydrogens is 444 g/mol. The largest absolute Gasteiger partial charge is 0.493 e. The Morgan fingerprint density at radius 2 is 2.12 bits per heavy atom. The molecule has 0 saturated carbocycles. The topological polar surface area (TPSA) is 44.8 Å². The van der Waals surface area contributed by atoms with Crippen molar-refractivity contribution in [3.05, 3.63) is 62.3 Å². The number of hydrogen-bond donors (Lipinski definition) is 0. The SMILES string of the molecule is Cc1cc(Cl)cc(OC[C@@H]2C(CCCc3ccc(C=O)s3)=CC[C@H]2OC2CCCCO2)c1. The average Bonchev–Trinajstić information content (AvgIpc) is 3.39. The van der Waals surface area contributed by atoms with Gasteiger partial charge in [-0.15, -0.1) is 11.3 Å². The predicted molar refractivity (Wildman–Crippen MR) is 129 cm³/mol. The van der Waals surface area contributed by atoms with Gasteiger partial charge in [-0.3, -0.25) is 4.79 Å². The van der Waals surface area contributed by atoms with Crippen molar-refractivity contribution in [3.63, 3.8) is 0 Å². The Labute approximate surface area is 199 Å². The fourth-order valence-electron chi connectivity index (χ4n) is 4.52. The first-order chi connectivity index (χ1) is 15.6. The van der Waals surface area contributed by atoms with Gasteiger partial charge in [0.05, 0.1) is 17.6 Å². The summed E-state index contributed by atoms with van der Waals surface area (Å²) in [5.74, 6) is 1.00. The van der Waals surface area contributed by atoms with Crippen LogP contribution >= 0.6 is 22.9 Å². The number of halogens is 1. The van der Waals surface area contributed by atoms with Gasteiger partial charge in [0, 0.05) is 22.4 Å². The maximum atomic E-state index is 10.9. The van der Waals surface area contributed by atoms with E-state index in [1.165, 1.54) is 10.5 Å². The van der Waals surface area contributed by atoms with Gasteiger partial charge < -0.3 is 14.2 Å². The Morgan fingerprint density at radius 3 is 2.88 bits per heavy atom. The molecule has 4 rings (SSSR count).